The van der Waals surface area contributed by atoms with E-state index < -0.39 is 10.0 Å². The predicted octanol–water partition coefficient (Wildman–Crippen LogP) is 0.715. The molecule has 0 radical (unpaired) electrons. The summed E-state index contributed by atoms with van der Waals surface area (Å²) in [5.74, 6) is -0.124. The van der Waals surface area contributed by atoms with Crippen molar-refractivity contribution in [2.45, 2.75) is 25.1 Å². The van der Waals surface area contributed by atoms with Crippen LogP contribution in [-0.2, 0) is 15.8 Å². The van der Waals surface area contributed by atoms with E-state index in [-0.39, 0.29) is 11.8 Å². The zero-order valence-electron chi connectivity index (χ0n) is 10.3. The number of sulfonamides is 1. The Morgan fingerprint density at radius 1 is 1.50 bits per heavy atom. The minimum absolute atomic E-state index is 0.0328. The Labute approximate surface area is 108 Å². The first-order chi connectivity index (χ1) is 8.43. The molecule has 5 nitrogen and oxygen atoms in total. The highest BCUT2D eigenvalue weighted by atomic mass is 32.2. The second-order valence-corrected chi connectivity index (χ2v) is 6.04. The summed E-state index contributed by atoms with van der Waals surface area (Å²) in [6, 6.07) is 8.52. The van der Waals surface area contributed by atoms with Crippen molar-refractivity contribution in [2.24, 2.45) is 5.73 Å². The maximum absolute atomic E-state index is 11.7. The summed E-state index contributed by atoms with van der Waals surface area (Å²) >= 11 is 0. The van der Waals surface area contributed by atoms with Crippen molar-refractivity contribution in [3.8, 4) is 6.07 Å². The van der Waals surface area contributed by atoms with E-state index in [1.165, 1.54) is 0 Å². The molecule has 0 aliphatic heterocycles. The third-order valence-corrected chi connectivity index (χ3v) is 3.69. The summed E-state index contributed by atoms with van der Waals surface area (Å²) in [5.41, 5.74) is 6.60. The standard InChI is InChI=1S/C12H17N3O2S/c1-10(14)5-6-15-18(16,17)9-12-4-2-3-11(7-12)8-13/h2-4,7,10,15H,5-6,9,14H2,1H3. The fourth-order valence-corrected chi connectivity index (χ4v) is 2.59. The number of rotatable bonds is 6. The summed E-state index contributed by atoms with van der Waals surface area (Å²) < 4.78 is 26.0. The molecule has 98 valence electrons. The van der Waals surface area contributed by atoms with Gasteiger partial charge in [-0.1, -0.05) is 12.1 Å². The van der Waals surface area contributed by atoms with Crippen molar-refractivity contribution in [3.63, 3.8) is 0 Å². The summed E-state index contributed by atoms with van der Waals surface area (Å²) in [5, 5.41) is 8.73. The normalized spacial score (nSPS) is 12.9. The predicted molar refractivity (Wildman–Crippen MR) is 70.0 cm³/mol. The van der Waals surface area contributed by atoms with Crippen LogP contribution >= 0.6 is 0 Å². The molecule has 6 heteroatoms. The summed E-state index contributed by atoms with van der Waals surface area (Å²) in [7, 11) is -3.37. The number of hydrogen-bond acceptors (Lipinski definition) is 4. The fourth-order valence-electron chi connectivity index (χ4n) is 1.44. The highest BCUT2D eigenvalue weighted by Crippen LogP contribution is 2.07. The van der Waals surface area contributed by atoms with Gasteiger partial charge in [-0.2, -0.15) is 5.26 Å². The van der Waals surface area contributed by atoms with Crippen molar-refractivity contribution >= 4 is 10.0 Å². The molecule has 1 atom stereocenters. The SMILES string of the molecule is CC(N)CCNS(=O)(=O)Cc1cccc(C#N)c1. The van der Waals surface area contributed by atoms with Crippen molar-refractivity contribution < 1.29 is 8.42 Å². The molecule has 1 aromatic carbocycles. The molecule has 0 saturated carbocycles. The monoisotopic (exact) mass is 267 g/mol. The molecule has 0 bridgehead atoms. The first kappa shape index (κ1) is 14.6. The van der Waals surface area contributed by atoms with Crippen LogP contribution in [0, 0.1) is 11.3 Å². The quantitative estimate of drug-likeness (QED) is 0.793. The number of nitriles is 1. The van der Waals surface area contributed by atoms with Gasteiger partial charge in [0.05, 0.1) is 17.4 Å². The molecule has 0 amide bonds. The molecule has 1 unspecified atom stereocenters. The van der Waals surface area contributed by atoms with Gasteiger partial charge in [0.15, 0.2) is 0 Å². The number of nitrogens with one attached hydrogen (secondary N) is 1. The van der Waals surface area contributed by atoms with Crippen LogP contribution in [0.4, 0.5) is 0 Å². The van der Waals surface area contributed by atoms with Gasteiger partial charge in [0.1, 0.15) is 0 Å². The van der Waals surface area contributed by atoms with Crippen molar-refractivity contribution in [1.29, 1.82) is 5.26 Å². The van der Waals surface area contributed by atoms with Crippen LogP contribution in [0.25, 0.3) is 0 Å². The molecule has 0 fully saturated rings. The Morgan fingerprint density at radius 3 is 2.83 bits per heavy atom. The highest BCUT2D eigenvalue weighted by molar-refractivity contribution is 7.88. The Kier molecular flexibility index (Phi) is 5.28. The summed E-state index contributed by atoms with van der Waals surface area (Å²) in [4.78, 5) is 0. The molecule has 18 heavy (non-hydrogen) atoms. The zero-order valence-corrected chi connectivity index (χ0v) is 11.1. The van der Waals surface area contributed by atoms with Crippen molar-refractivity contribution in [3.05, 3.63) is 35.4 Å². The van der Waals surface area contributed by atoms with Crippen LogP contribution in [0.15, 0.2) is 24.3 Å². The molecule has 0 aromatic heterocycles. The maximum Gasteiger partial charge on any atom is 0.215 e. The lowest BCUT2D eigenvalue weighted by molar-refractivity contribution is 0.571. The summed E-state index contributed by atoms with van der Waals surface area (Å²) in [6.07, 6.45) is 0.595. The highest BCUT2D eigenvalue weighted by Gasteiger charge is 2.11. The van der Waals surface area contributed by atoms with Crippen LogP contribution in [0.1, 0.15) is 24.5 Å². The lowest BCUT2D eigenvalue weighted by Crippen LogP contribution is -2.29. The molecular weight excluding hydrogens is 250 g/mol. The molecule has 1 rings (SSSR count). The molecule has 0 heterocycles. The fraction of sp³-hybridized carbons (Fsp3) is 0.417. The lowest BCUT2D eigenvalue weighted by atomic mass is 10.2. The minimum atomic E-state index is -3.37. The van der Waals surface area contributed by atoms with Crippen LogP contribution in [0.5, 0.6) is 0 Å². The average Bonchev–Trinajstić information content (AvgIpc) is 2.27. The molecule has 0 aliphatic carbocycles. The van der Waals surface area contributed by atoms with Crippen LogP contribution in [-0.4, -0.2) is 21.0 Å². The maximum atomic E-state index is 11.7. The Bertz CT molecular complexity index is 532. The molecule has 0 aliphatic rings. The van der Waals surface area contributed by atoms with Gasteiger partial charge in [-0.3, -0.25) is 0 Å². The second kappa shape index (κ2) is 6.50. The molecular formula is C12H17N3O2S. The minimum Gasteiger partial charge on any atom is -0.328 e. The smallest absolute Gasteiger partial charge is 0.215 e. The molecule has 0 saturated heterocycles. The number of benzene rings is 1. The number of hydrogen-bond donors (Lipinski definition) is 2. The van der Waals surface area contributed by atoms with Gasteiger partial charge in [0.25, 0.3) is 0 Å². The van der Waals surface area contributed by atoms with E-state index in [1.807, 2.05) is 13.0 Å². The van der Waals surface area contributed by atoms with E-state index in [9.17, 15) is 8.42 Å². The van der Waals surface area contributed by atoms with Gasteiger partial charge in [0.2, 0.25) is 10.0 Å². The topological polar surface area (TPSA) is 96.0 Å². The van der Waals surface area contributed by atoms with E-state index in [0.717, 1.165) is 0 Å². The number of nitrogens with zero attached hydrogens (tertiary/aromatic N) is 1. The van der Waals surface area contributed by atoms with Gasteiger partial charge >= 0.3 is 0 Å². The Balaban J connectivity index is 2.62. The van der Waals surface area contributed by atoms with Gasteiger partial charge in [-0.15, -0.1) is 0 Å². The van der Waals surface area contributed by atoms with E-state index >= 15 is 0 Å². The molecule has 3 N–H and O–H groups in total. The summed E-state index contributed by atoms with van der Waals surface area (Å²) in [6.45, 7) is 2.16. The third-order valence-electron chi connectivity index (χ3n) is 2.33. The van der Waals surface area contributed by atoms with Gasteiger partial charge in [-0.25, -0.2) is 13.1 Å². The van der Waals surface area contributed by atoms with Crippen LogP contribution < -0.4 is 10.5 Å². The van der Waals surface area contributed by atoms with Crippen molar-refractivity contribution in [2.75, 3.05) is 6.54 Å². The first-order valence-electron chi connectivity index (χ1n) is 5.65. The lowest BCUT2D eigenvalue weighted by Gasteiger charge is -2.08. The van der Waals surface area contributed by atoms with Gasteiger partial charge in [0, 0.05) is 12.6 Å². The molecule has 1 aromatic rings. The Hall–Kier alpha value is -1.42. The second-order valence-electron chi connectivity index (χ2n) is 4.23. The molecule has 0 spiro atoms. The number of nitrogens with two attached hydrogens (primary N) is 1. The van der Waals surface area contributed by atoms with Crippen LogP contribution in [0.3, 0.4) is 0 Å². The van der Waals surface area contributed by atoms with Gasteiger partial charge in [-0.05, 0) is 31.0 Å². The van der Waals surface area contributed by atoms with Crippen LogP contribution in [0.2, 0.25) is 0 Å². The first-order valence-corrected chi connectivity index (χ1v) is 7.30. The van der Waals surface area contributed by atoms with E-state index in [1.54, 1.807) is 24.3 Å². The zero-order chi connectivity index (χ0) is 13.6. The van der Waals surface area contributed by atoms with E-state index in [2.05, 4.69) is 4.72 Å². The van der Waals surface area contributed by atoms with E-state index in [0.29, 0.717) is 24.1 Å². The largest absolute Gasteiger partial charge is 0.328 e. The average molecular weight is 267 g/mol. The Morgan fingerprint density at radius 2 is 2.22 bits per heavy atom. The van der Waals surface area contributed by atoms with E-state index in [4.69, 9.17) is 11.0 Å². The van der Waals surface area contributed by atoms with Crippen molar-refractivity contribution in [1.82, 2.24) is 4.72 Å². The third kappa shape index (κ3) is 5.27. The van der Waals surface area contributed by atoms with Gasteiger partial charge < -0.3 is 5.73 Å².